The van der Waals surface area contributed by atoms with E-state index in [1.807, 2.05) is 60.7 Å². The molecule has 0 bridgehead atoms. The zero-order valence-electron chi connectivity index (χ0n) is 18.6. The van der Waals surface area contributed by atoms with E-state index in [1.165, 1.54) is 19.3 Å². The number of rotatable bonds is 9. The fourth-order valence-electron chi connectivity index (χ4n) is 4.66. The number of pyridine rings is 1. The van der Waals surface area contributed by atoms with Gasteiger partial charge in [0, 0.05) is 11.3 Å². The number of nitrogens with one attached hydrogen (secondary N) is 1. The second-order valence-corrected chi connectivity index (χ2v) is 8.84. The van der Waals surface area contributed by atoms with Crippen molar-refractivity contribution in [2.45, 2.75) is 57.2 Å². The first-order valence-electron chi connectivity index (χ1n) is 11.6. The highest BCUT2D eigenvalue weighted by Gasteiger charge is 2.30. The van der Waals surface area contributed by atoms with Crippen molar-refractivity contribution in [3.63, 3.8) is 0 Å². The van der Waals surface area contributed by atoms with Crippen LogP contribution < -0.4 is 4.74 Å². The number of aliphatic hydroxyl groups is 1. The van der Waals surface area contributed by atoms with Gasteiger partial charge in [-0.3, -0.25) is 0 Å². The SMILES string of the molecule is N=C(C(O)C(=O)O)C(CC1CCCCC1)c1ccc(OCc2ccc3ccccc3n2)cc1. The number of carboxylic acid groups (broad SMARTS) is 1. The van der Waals surface area contributed by atoms with E-state index < -0.39 is 18.0 Å². The highest BCUT2D eigenvalue weighted by Crippen LogP contribution is 2.35. The molecule has 0 aliphatic heterocycles. The quantitative estimate of drug-likeness (QED) is 0.385. The lowest BCUT2D eigenvalue weighted by molar-refractivity contribution is -0.143. The fraction of sp³-hybridized carbons (Fsp3) is 0.370. The largest absolute Gasteiger partial charge is 0.487 e. The van der Waals surface area contributed by atoms with Crippen LogP contribution in [0.15, 0.2) is 60.7 Å². The molecular formula is C27H30N2O4. The van der Waals surface area contributed by atoms with Gasteiger partial charge in [0.25, 0.3) is 0 Å². The van der Waals surface area contributed by atoms with Gasteiger partial charge < -0.3 is 20.4 Å². The van der Waals surface area contributed by atoms with Crippen molar-refractivity contribution in [3.8, 4) is 5.75 Å². The van der Waals surface area contributed by atoms with Gasteiger partial charge in [-0.15, -0.1) is 0 Å². The number of fused-ring (bicyclic) bond motifs is 1. The predicted molar refractivity (Wildman–Crippen MR) is 128 cm³/mol. The van der Waals surface area contributed by atoms with Crippen LogP contribution in [0.25, 0.3) is 10.9 Å². The van der Waals surface area contributed by atoms with Gasteiger partial charge in [-0.25, -0.2) is 9.78 Å². The van der Waals surface area contributed by atoms with E-state index in [0.29, 0.717) is 24.7 Å². The number of hydrogen-bond donors (Lipinski definition) is 3. The van der Waals surface area contributed by atoms with Crippen molar-refractivity contribution in [1.82, 2.24) is 4.98 Å². The Morgan fingerprint density at radius 3 is 2.48 bits per heavy atom. The number of hydrogen-bond acceptors (Lipinski definition) is 5. The van der Waals surface area contributed by atoms with Crippen LogP contribution in [0.5, 0.6) is 5.75 Å². The van der Waals surface area contributed by atoms with Crippen LogP contribution in [0.4, 0.5) is 0 Å². The normalized spacial score (nSPS) is 16.3. The molecule has 6 heteroatoms. The Morgan fingerprint density at radius 1 is 1.03 bits per heavy atom. The molecule has 0 amide bonds. The summed E-state index contributed by atoms with van der Waals surface area (Å²) in [4.78, 5) is 15.9. The molecule has 6 nitrogen and oxygen atoms in total. The van der Waals surface area contributed by atoms with E-state index in [4.69, 9.17) is 10.1 Å². The molecule has 1 aromatic heterocycles. The lowest BCUT2D eigenvalue weighted by Crippen LogP contribution is -2.34. The number of ether oxygens (including phenoxy) is 1. The first kappa shape index (κ1) is 22.9. The van der Waals surface area contributed by atoms with Crippen LogP contribution in [0.1, 0.15) is 55.7 Å². The number of benzene rings is 2. The Bertz CT molecular complexity index is 1110. The number of aliphatic carboxylic acids is 1. The van der Waals surface area contributed by atoms with Gasteiger partial charge in [0.2, 0.25) is 0 Å². The van der Waals surface area contributed by atoms with E-state index in [-0.39, 0.29) is 5.71 Å². The maximum atomic E-state index is 11.3. The number of carboxylic acids is 1. The topological polar surface area (TPSA) is 104 Å². The first-order valence-corrected chi connectivity index (χ1v) is 11.6. The molecule has 1 saturated carbocycles. The molecule has 3 aromatic rings. The monoisotopic (exact) mass is 446 g/mol. The molecule has 1 fully saturated rings. The minimum absolute atomic E-state index is 0.151. The maximum Gasteiger partial charge on any atom is 0.338 e. The summed E-state index contributed by atoms with van der Waals surface area (Å²) in [6.07, 6.45) is 4.65. The zero-order chi connectivity index (χ0) is 23.2. The van der Waals surface area contributed by atoms with E-state index in [0.717, 1.165) is 35.0 Å². The molecule has 0 radical (unpaired) electrons. The van der Waals surface area contributed by atoms with Crippen molar-refractivity contribution in [2.24, 2.45) is 5.92 Å². The Hall–Kier alpha value is -3.25. The van der Waals surface area contributed by atoms with Crippen molar-refractivity contribution in [1.29, 1.82) is 5.41 Å². The molecule has 1 aliphatic rings. The van der Waals surface area contributed by atoms with Crippen LogP contribution in [0.2, 0.25) is 0 Å². The first-order chi connectivity index (χ1) is 16.0. The lowest BCUT2D eigenvalue weighted by Gasteiger charge is -2.28. The zero-order valence-corrected chi connectivity index (χ0v) is 18.6. The standard InChI is InChI=1S/C27H30N2O4/c28-25(26(30)27(31)32)23(16-18-6-2-1-3-7-18)19-11-14-22(15-12-19)33-17-21-13-10-20-8-4-5-9-24(20)29-21/h4-5,8-15,18,23,26,28,30H,1-3,6-7,16-17H2,(H,31,32). The summed E-state index contributed by atoms with van der Waals surface area (Å²) in [6, 6.07) is 19.3. The molecule has 172 valence electrons. The highest BCUT2D eigenvalue weighted by atomic mass is 16.5. The second kappa shape index (κ2) is 10.6. The van der Waals surface area contributed by atoms with E-state index >= 15 is 0 Å². The van der Waals surface area contributed by atoms with E-state index in [2.05, 4.69) is 4.98 Å². The van der Waals surface area contributed by atoms with Gasteiger partial charge in [0.05, 0.1) is 16.9 Å². The van der Waals surface area contributed by atoms with Crippen molar-refractivity contribution in [2.75, 3.05) is 0 Å². The number of aliphatic hydroxyl groups excluding tert-OH is 1. The van der Waals surface area contributed by atoms with Gasteiger partial charge in [0.1, 0.15) is 12.4 Å². The van der Waals surface area contributed by atoms with Crippen molar-refractivity contribution < 1.29 is 19.7 Å². The van der Waals surface area contributed by atoms with Gasteiger partial charge in [0.15, 0.2) is 6.10 Å². The molecule has 2 atom stereocenters. The van der Waals surface area contributed by atoms with E-state index in [1.54, 1.807) is 0 Å². The molecule has 4 rings (SSSR count). The summed E-state index contributed by atoms with van der Waals surface area (Å²) < 4.78 is 5.91. The average Bonchev–Trinajstić information content (AvgIpc) is 2.86. The summed E-state index contributed by atoms with van der Waals surface area (Å²) in [5.41, 5.74) is 2.44. The van der Waals surface area contributed by atoms with Gasteiger partial charge in [-0.05, 0) is 42.2 Å². The van der Waals surface area contributed by atoms with Crippen LogP contribution in [-0.4, -0.2) is 33.0 Å². The number of para-hydroxylation sites is 1. The minimum atomic E-state index is -1.78. The van der Waals surface area contributed by atoms with Gasteiger partial charge in [-0.1, -0.05) is 68.5 Å². The summed E-state index contributed by atoms with van der Waals surface area (Å²) in [7, 11) is 0. The fourth-order valence-corrected chi connectivity index (χ4v) is 4.66. The predicted octanol–water partition coefficient (Wildman–Crippen LogP) is 5.33. The third-order valence-corrected chi connectivity index (χ3v) is 6.52. The summed E-state index contributed by atoms with van der Waals surface area (Å²) in [5, 5.41) is 28.7. The number of aromatic nitrogens is 1. The molecular weight excluding hydrogens is 416 g/mol. The Kier molecular flexibility index (Phi) is 7.35. The maximum absolute atomic E-state index is 11.3. The van der Waals surface area contributed by atoms with Crippen LogP contribution >= 0.6 is 0 Å². The molecule has 2 aromatic carbocycles. The van der Waals surface area contributed by atoms with E-state index in [9.17, 15) is 15.0 Å². The highest BCUT2D eigenvalue weighted by molar-refractivity contribution is 6.05. The molecule has 0 spiro atoms. The molecule has 2 unspecified atom stereocenters. The van der Waals surface area contributed by atoms with Crippen LogP contribution in [0.3, 0.4) is 0 Å². The van der Waals surface area contributed by atoms with Crippen molar-refractivity contribution in [3.05, 3.63) is 71.9 Å². The Balaban J connectivity index is 1.46. The number of nitrogens with zero attached hydrogens (tertiary/aromatic N) is 1. The third-order valence-electron chi connectivity index (χ3n) is 6.52. The second-order valence-electron chi connectivity index (χ2n) is 8.84. The minimum Gasteiger partial charge on any atom is -0.487 e. The van der Waals surface area contributed by atoms with Gasteiger partial charge >= 0.3 is 5.97 Å². The summed E-state index contributed by atoms with van der Waals surface area (Å²) in [5.74, 6) is -0.678. The molecule has 1 aliphatic carbocycles. The molecule has 1 heterocycles. The average molecular weight is 447 g/mol. The summed E-state index contributed by atoms with van der Waals surface area (Å²) in [6.45, 7) is 0.337. The molecule has 3 N–H and O–H groups in total. The third kappa shape index (κ3) is 5.76. The summed E-state index contributed by atoms with van der Waals surface area (Å²) >= 11 is 0. The Morgan fingerprint density at radius 2 is 1.76 bits per heavy atom. The molecule has 33 heavy (non-hydrogen) atoms. The lowest BCUT2D eigenvalue weighted by atomic mass is 9.78. The van der Waals surface area contributed by atoms with Crippen LogP contribution in [0, 0.1) is 11.3 Å². The van der Waals surface area contributed by atoms with Gasteiger partial charge in [-0.2, -0.15) is 0 Å². The molecule has 0 saturated heterocycles. The van der Waals surface area contributed by atoms with Crippen LogP contribution in [-0.2, 0) is 11.4 Å². The number of carbonyl (C=O) groups is 1. The Labute approximate surface area is 193 Å². The smallest absolute Gasteiger partial charge is 0.338 e. The van der Waals surface area contributed by atoms with Crippen molar-refractivity contribution >= 4 is 22.6 Å².